The lowest BCUT2D eigenvalue weighted by Crippen LogP contribution is -2.40. The number of halogens is 2. The molecular weight excluding hydrogens is 301 g/mol. The SMILES string of the molecule is Cc1cc(F)ccc1S(=O)(=O)NC1CCCCCC1Cl. The van der Waals surface area contributed by atoms with E-state index >= 15 is 0 Å². The lowest BCUT2D eigenvalue weighted by molar-refractivity contribution is 0.513. The highest BCUT2D eigenvalue weighted by Gasteiger charge is 2.27. The van der Waals surface area contributed by atoms with Crippen molar-refractivity contribution in [1.29, 1.82) is 0 Å². The molecule has 1 aliphatic carbocycles. The summed E-state index contributed by atoms with van der Waals surface area (Å²) in [6, 6.07) is 3.42. The van der Waals surface area contributed by atoms with Crippen LogP contribution in [0.5, 0.6) is 0 Å². The highest BCUT2D eigenvalue weighted by atomic mass is 35.5. The van der Waals surface area contributed by atoms with Crippen molar-refractivity contribution in [2.45, 2.75) is 55.3 Å². The largest absolute Gasteiger partial charge is 0.241 e. The van der Waals surface area contributed by atoms with Crippen LogP contribution in [-0.2, 0) is 10.0 Å². The van der Waals surface area contributed by atoms with Gasteiger partial charge in [0.05, 0.1) is 4.90 Å². The Labute approximate surface area is 124 Å². The molecule has 2 atom stereocenters. The Bertz CT molecular complexity index is 577. The highest BCUT2D eigenvalue weighted by molar-refractivity contribution is 7.89. The summed E-state index contributed by atoms with van der Waals surface area (Å²) in [5, 5.41) is -0.187. The predicted octanol–water partition coefficient (Wildman–Crippen LogP) is 3.35. The standard InChI is InChI=1S/C14H19ClFNO2S/c1-10-9-11(16)7-8-14(10)20(18,19)17-13-6-4-2-3-5-12(13)15/h7-9,12-13,17H,2-6H2,1H3. The van der Waals surface area contributed by atoms with Gasteiger partial charge in [-0.1, -0.05) is 19.3 Å². The maximum absolute atomic E-state index is 13.1. The number of alkyl halides is 1. The Balaban J connectivity index is 2.21. The van der Waals surface area contributed by atoms with Gasteiger partial charge in [-0.3, -0.25) is 0 Å². The van der Waals surface area contributed by atoms with Crippen LogP contribution < -0.4 is 4.72 Å². The number of rotatable bonds is 3. The van der Waals surface area contributed by atoms with Gasteiger partial charge in [-0.25, -0.2) is 17.5 Å². The molecule has 0 amide bonds. The third-order valence-corrected chi connectivity index (χ3v) is 5.84. The monoisotopic (exact) mass is 319 g/mol. The van der Waals surface area contributed by atoms with E-state index in [-0.39, 0.29) is 16.3 Å². The van der Waals surface area contributed by atoms with E-state index in [2.05, 4.69) is 4.72 Å². The number of benzene rings is 1. The van der Waals surface area contributed by atoms with E-state index in [1.165, 1.54) is 12.1 Å². The molecule has 112 valence electrons. The summed E-state index contributed by atoms with van der Waals surface area (Å²) >= 11 is 6.26. The summed E-state index contributed by atoms with van der Waals surface area (Å²) in [6.07, 6.45) is 4.64. The third-order valence-electron chi connectivity index (χ3n) is 3.66. The number of nitrogens with one attached hydrogen (secondary N) is 1. The molecule has 6 heteroatoms. The van der Waals surface area contributed by atoms with Crippen molar-refractivity contribution in [2.75, 3.05) is 0 Å². The van der Waals surface area contributed by atoms with Crippen molar-refractivity contribution >= 4 is 21.6 Å². The molecule has 1 fully saturated rings. The molecule has 1 aromatic rings. The second-order valence-electron chi connectivity index (χ2n) is 5.29. The molecule has 0 radical (unpaired) electrons. The first-order chi connectivity index (χ1) is 9.40. The average molecular weight is 320 g/mol. The van der Waals surface area contributed by atoms with Gasteiger partial charge in [0.25, 0.3) is 0 Å². The van der Waals surface area contributed by atoms with Gasteiger partial charge >= 0.3 is 0 Å². The zero-order chi connectivity index (χ0) is 14.8. The quantitative estimate of drug-likeness (QED) is 0.686. The second kappa shape index (κ2) is 6.41. The van der Waals surface area contributed by atoms with Gasteiger partial charge in [0, 0.05) is 11.4 Å². The van der Waals surface area contributed by atoms with Gasteiger partial charge < -0.3 is 0 Å². The van der Waals surface area contributed by atoms with Gasteiger partial charge in [-0.15, -0.1) is 11.6 Å². The van der Waals surface area contributed by atoms with Crippen LogP contribution in [0.2, 0.25) is 0 Å². The lowest BCUT2D eigenvalue weighted by atomic mass is 10.1. The highest BCUT2D eigenvalue weighted by Crippen LogP contribution is 2.24. The number of aryl methyl sites for hydroxylation is 1. The number of hydrogen-bond acceptors (Lipinski definition) is 2. The minimum Gasteiger partial charge on any atom is -0.207 e. The third kappa shape index (κ3) is 3.71. The first-order valence-corrected chi connectivity index (χ1v) is 8.74. The van der Waals surface area contributed by atoms with E-state index < -0.39 is 15.8 Å². The Morgan fingerprint density at radius 3 is 2.65 bits per heavy atom. The Morgan fingerprint density at radius 1 is 1.25 bits per heavy atom. The molecule has 0 spiro atoms. The molecule has 0 aliphatic heterocycles. The molecule has 1 saturated carbocycles. The molecule has 0 saturated heterocycles. The average Bonchev–Trinajstić information content (AvgIpc) is 2.54. The Hall–Kier alpha value is -0.650. The Kier molecular flexibility index (Phi) is 5.04. The minimum absolute atomic E-state index is 0.118. The number of sulfonamides is 1. The maximum atomic E-state index is 13.1. The van der Waals surface area contributed by atoms with E-state index in [1.807, 2.05) is 0 Å². The molecule has 0 heterocycles. The molecule has 1 N–H and O–H groups in total. The van der Waals surface area contributed by atoms with E-state index in [9.17, 15) is 12.8 Å². The molecule has 0 aromatic heterocycles. The molecular formula is C14H19ClFNO2S. The summed E-state index contributed by atoms with van der Waals surface area (Å²) in [5.74, 6) is -0.439. The fourth-order valence-corrected chi connectivity index (χ4v) is 4.53. The smallest absolute Gasteiger partial charge is 0.207 e. The van der Waals surface area contributed by atoms with E-state index in [1.54, 1.807) is 6.92 Å². The van der Waals surface area contributed by atoms with Crippen molar-refractivity contribution in [3.05, 3.63) is 29.6 Å². The summed E-state index contributed by atoms with van der Waals surface area (Å²) in [5.41, 5.74) is 0.400. The Morgan fingerprint density at radius 2 is 1.95 bits per heavy atom. The maximum Gasteiger partial charge on any atom is 0.241 e. The molecule has 1 aliphatic rings. The minimum atomic E-state index is -3.66. The van der Waals surface area contributed by atoms with Crippen LogP contribution in [0.25, 0.3) is 0 Å². The second-order valence-corrected chi connectivity index (χ2v) is 7.53. The fraction of sp³-hybridized carbons (Fsp3) is 0.571. The van der Waals surface area contributed by atoms with Gasteiger partial charge in [0.2, 0.25) is 10.0 Å². The van der Waals surface area contributed by atoms with Crippen LogP contribution >= 0.6 is 11.6 Å². The van der Waals surface area contributed by atoms with Crippen LogP contribution in [0.4, 0.5) is 4.39 Å². The van der Waals surface area contributed by atoms with Gasteiger partial charge in [-0.05, 0) is 43.5 Å². The van der Waals surface area contributed by atoms with Crippen molar-refractivity contribution in [2.24, 2.45) is 0 Å². The summed E-state index contributed by atoms with van der Waals surface area (Å²) in [7, 11) is -3.66. The molecule has 0 bridgehead atoms. The topological polar surface area (TPSA) is 46.2 Å². The molecule has 2 unspecified atom stereocenters. The van der Waals surface area contributed by atoms with E-state index in [4.69, 9.17) is 11.6 Å². The normalized spacial score (nSPS) is 24.4. The summed E-state index contributed by atoms with van der Waals surface area (Å²) < 4.78 is 40.5. The molecule has 20 heavy (non-hydrogen) atoms. The zero-order valence-corrected chi connectivity index (χ0v) is 13.0. The van der Waals surface area contributed by atoms with Crippen LogP contribution in [0.1, 0.15) is 37.7 Å². The first kappa shape index (κ1) is 15.7. The first-order valence-electron chi connectivity index (χ1n) is 6.83. The molecule has 2 rings (SSSR count). The summed E-state index contributed by atoms with van der Waals surface area (Å²) in [4.78, 5) is 0.118. The van der Waals surface area contributed by atoms with E-state index in [0.717, 1.165) is 38.2 Å². The van der Waals surface area contributed by atoms with Crippen LogP contribution in [-0.4, -0.2) is 19.8 Å². The summed E-state index contributed by atoms with van der Waals surface area (Å²) in [6.45, 7) is 1.59. The van der Waals surface area contributed by atoms with Crippen molar-refractivity contribution < 1.29 is 12.8 Å². The van der Waals surface area contributed by atoms with Gasteiger partial charge in [0.15, 0.2) is 0 Å². The van der Waals surface area contributed by atoms with Crippen molar-refractivity contribution in [1.82, 2.24) is 4.72 Å². The van der Waals surface area contributed by atoms with Crippen LogP contribution in [0.15, 0.2) is 23.1 Å². The van der Waals surface area contributed by atoms with Gasteiger partial charge in [-0.2, -0.15) is 0 Å². The molecule has 3 nitrogen and oxygen atoms in total. The van der Waals surface area contributed by atoms with Crippen molar-refractivity contribution in [3.8, 4) is 0 Å². The van der Waals surface area contributed by atoms with Crippen LogP contribution in [0.3, 0.4) is 0 Å². The lowest BCUT2D eigenvalue weighted by Gasteiger charge is -2.21. The van der Waals surface area contributed by atoms with Crippen LogP contribution in [0, 0.1) is 12.7 Å². The molecule has 1 aromatic carbocycles. The van der Waals surface area contributed by atoms with E-state index in [0.29, 0.717) is 5.56 Å². The number of hydrogen-bond donors (Lipinski definition) is 1. The predicted molar refractivity (Wildman–Crippen MR) is 78.0 cm³/mol. The van der Waals surface area contributed by atoms with Crippen molar-refractivity contribution in [3.63, 3.8) is 0 Å². The zero-order valence-electron chi connectivity index (χ0n) is 11.4. The van der Waals surface area contributed by atoms with Gasteiger partial charge in [0.1, 0.15) is 5.82 Å². The fourth-order valence-electron chi connectivity index (χ4n) is 2.57.